The third-order valence-corrected chi connectivity index (χ3v) is 16.6. The predicted molar refractivity (Wildman–Crippen MR) is 240 cm³/mol. The standard InChI is InChI=1S/C46H54F4N6O7S2/c1-25(2)35-24-64-41(53-35)34-21-38(32-13-14-37(62-5)26(3)39(32)52-34)63-31-20-36-40(57)54-45(43(59)55-65(60,61)44(4)15-16-44)22-27(45)11-9-7-6-8-10-12-33(42(58)56(36)23-31)51-30-18-28(46(48,49)50)17-29(47)19-30/h9,11,13-14,17-19,21,25,27,31,33,35-36,51H,6-8,10,12,15-16,20,22-24H2,1-5H3,(H,54,57)(H,55,59)/b11-9-/t27-,31-,33+,35?,36+,45-/m1/s1. The Hall–Kier alpha value is -4.91. The van der Waals surface area contributed by atoms with Gasteiger partial charge in [0.15, 0.2) is 0 Å². The molecule has 3 N–H and O–H groups in total. The summed E-state index contributed by atoms with van der Waals surface area (Å²) in [4.78, 5) is 55.0. The second-order valence-electron chi connectivity index (χ2n) is 18.5. The number of hydrogen-bond donors (Lipinski definition) is 3. The van der Waals surface area contributed by atoms with Gasteiger partial charge in [0.25, 0.3) is 5.91 Å². The number of nitrogens with zero attached hydrogens (tertiary/aromatic N) is 3. The van der Waals surface area contributed by atoms with E-state index in [0.29, 0.717) is 78.6 Å². The topological polar surface area (TPSA) is 168 Å². The van der Waals surface area contributed by atoms with Crippen LogP contribution in [0.4, 0.5) is 23.2 Å². The van der Waals surface area contributed by atoms with Crippen molar-refractivity contribution in [2.45, 2.75) is 126 Å². The van der Waals surface area contributed by atoms with Gasteiger partial charge in [-0.3, -0.25) is 24.1 Å². The van der Waals surface area contributed by atoms with Gasteiger partial charge in [-0.25, -0.2) is 17.8 Å². The summed E-state index contributed by atoms with van der Waals surface area (Å²) in [6.45, 7) is 7.48. The van der Waals surface area contributed by atoms with Crippen LogP contribution < -0.4 is 24.8 Å². The van der Waals surface area contributed by atoms with Crippen molar-refractivity contribution < 1.29 is 49.8 Å². The molecule has 0 radical (unpaired) electrons. The molecule has 0 bridgehead atoms. The maximum atomic E-state index is 14.9. The number of fused-ring (bicyclic) bond motifs is 3. The van der Waals surface area contributed by atoms with Crippen LogP contribution in [-0.4, -0.2) is 95.0 Å². The molecular weight excluding hydrogens is 889 g/mol. The van der Waals surface area contributed by atoms with Gasteiger partial charge in [0.05, 0.1) is 41.2 Å². The number of sulfonamides is 1. The van der Waals surface area contributed by atoms with Crippen LogP contribution in [0.2, 0.25) is 0 Å². The van der Waals surface area contributed by atoms with E-state index in [9.17, 15) is 40.4 Å². The SMILES string of the molecule is COc1ccc2c(O[C@@H]3C[C@H]4C(=O)N[C@]5(C(=O)NS(=O)(=O)C6(C)CC6)C[C@H]5/C=C\CCCCC[C@H](Nc5cc(F)cc(C(F)(F)F)c5)C(=O)N4C3)cc(C3=NC(C(C)C)CS3)nc2c1C. The number of amides is 3. The summed E-state index contributed by atoms with van der Waals surface area (Å²) in [6, 6.07) is 5.00. The lowest BCUT2D eigenvalue weighted by Crippen LogP contribution is -2.58. The molecule has 2 aliphatic carbocycles. The first-order valence-corrected chi connectivity index (χ1v) is 24.5. The Morgan fingerprint density at radius 2 is 1.85 bits per heavy atom. The van der Waals surface area contributed by atoms with E-state index >= 15 is 0 Å². The molecule has 3 aliphatic heterocycles. The molecule has 6 atom stereocenters. The third kappa shape index (κ3) is 9.54. The zero-order valence-corrected chi connectivity index (χ0v) is 38.5. The van der Waals surface area contributed by atoms with Crippen molar-refractivity contribution in [3.05, 3.63) is 71.2 Å². The summed E-state index contributed by atoms with van der Waals surface area (Å²) >= 11 is 1.59. The quantitative estimate of drug-likeness (QED) is 0.137. The molecule has 350 valence electrons. The zero-order valence-electron chi connectivity index (χ0n) is 36.9. The number of allylic oxidation sites excluding steroid dienone is 1. The molecule has 4 heterocycles. The van der Waals surface area contributed by atoms with Crippen molar-refractivity contribution in [3.8, 4) is 11.5 Å². The number of pyridine rings is 1. The monoisotopic (exact) mass is 942 g/mol. The Morgan fingerprint density at radius 1 is 1.08 bits per heavy atom. The minimum atomic E-state index is -4.86. The summed E-state index contributed by atoms with van der Waals surface area (Å²) in [5, 5.41) is 7.10. The fourth-order valence-electron chi connectivity index (χ4n) is 8.84. The number of thioether (sulfide) groups is 1. The predicted octanol–water partition coefficient (Wildman–Crippen LogP) is 7.45. The van der Waals surface area contributed by atoms with Gasteiger partial charge in [-0.1, -0.05) is 38.8 Å². The molecule has 3 fully saturated rings. The number of benzene rings is 2. The molecule has 19 heteroatoms. The van der Waals surface area contributed by atoms with Gasteiger partial charge >= 0.3 is 6.18 Å². The average molecular weight is 943 g/mol. The van der Waals surface area contributed by atoms with E-state index in [0.717, 1.165) is 28.5 Å². The average Bonchev–Trinajstić information content (AvgIpc) is 4.02. The van der Waals surface area contributed by atoms with Crippen LogP contribution >= 0.6 is 11.8 Å². The number of methoxy groups -OCH3 is 1. The van der Waals surface area contributed by atoms with E-state index < -0.39 is 79.7 Å². The van der Waals surface area contributed by atoms with Crippen molar-refractivity contribution in [1.82, 2.24) is 19.9 Å². The number of nitrogens with one attached hydrogen (secondary N) is 3. The summed E-state index contributed by atoms with van der Waals surface area (Å²) < 4.78 is 96.3. The number of hydrogen-bond acceptors (Lipinski definition) is 11. The van der Waals surface area contributed by atoms with Crippen molar-refractivity contribution in [1.29, 1.82) is 0 Å². The minimum Gasteiger partial charge on any atom is -0.496 e. The van der Waals surface area contributed by atoms with Crippen LogP contribution in [0.3, 0.4) is 0 Å². The second-order valence-corrected chi connectivity index (χ2v) is 21.7. The maximum absolute atomic E-state index is 14.9. The highest BCUT2D eigenvalue weighted by molar-refractivity contribution is 8.14. The Bertz CT molecular complexity index is 2570. The minimum absolute atomic E-state index is 0.0730. The van der Waals surface area contributed by atoms with Crippen LogP contribution in [0.25, 0.3) is 10.9 Å². The number of halogens is 4. The van der Waals surface area contributed by atoms with E-state index in [2.05, 4.69) is 29.2 Å². The van der Waals surface area contributed by atoms with E-state index in [1.807, 2.05) is 19.1 Å². The van der Waals surface area contributed by atoms with E-state index in [-0.39, 0.29) is 37.5 Å². The van der Waals surface area contributed by atoms with Gasteiger partial charge in [0, 0.05) is 40.8 Å². The number of aromatic nitrogens is 1. The van der Waals surface area contributed by atoms with Crippen molar-refractivity contribution >= 4 is 61.1 Å². The van der Waals surface area contributed by atoms with E-state index in [4.69, 9.17) is 19.5 Å². The fraction of sp³-hybridized carbons (Fsp3) is 0.543. The first-order valence-electron chi connectivity index (χ1n) is 22.1. The number of aryl methyl sites for hydroxylation is 1. The molecule has 3 aromatic rings. The van der Waals surface area contributed by atoms with Crippen LogP contribution in [0.1, 0.15) is 95.4 Å². The van der Waals surface area contributed by atoms with Crippen LogP contribution in [-0.2, 0) is 30.6 Å². The first kappa shape index (κ1) is 46.6. The van der Waals surface area contributed by atoms with Crippen molar-refractivity contribution in [2.24, 2.45) is 16.8 Å². The number of aliphatic imine (C=N–C) groups is 1. The zero-order chi connectivity index (χ0) is 46.6. The smallest absolute Gasteiger partial charge is 0.416 e. The molecule has 1 unspecified atom stereocenters. The molecule has 13 nitrogen and oxygen atoms in total. The highest BCUT2D eigenvalue weighted by Gasteiger charge is 2.63. The summed E-state index contributed by atoms with van der Waals surface area (Å²) in [7, 11) is -2.52. The van der Waals surface area contributed by atoms with Crippen LogP contribution in [0.5, 0.6) is 11.5 Å². The molecule has 2 saturated carbocycles. The highest BCUT2D eigenvalue weighted by Crippen LogP contribution is 2.48. The summed E-state index contributed by atoms with van der Waals surface area (Å²) in [6.07, 6.45) is 1.27. The highest BCUT2D eigenvalue weighted by atomic mass is 32.2. The fourth-order valence-corrected chi connectivity index (χ4v) is 11.4. The Morgan fingerprint density at radius 3 is 2.54 bits per heavy atom. The molecular formula is C46H54F4N6O7S2. The maximum Gasteiger partial charge on any atom is 0.416 e. The Balaban J connectivity index is 1.16. The lowest BCUT2D eigenvalue weighted by atomic mass is 10.0. The molecule has 3 amide bonds. The third-order valence-electron chi connectivity index (χ3n) is 13.4. The molecule has 1 aromatic heterocycles. The molecule has 0 spiro atoms. The lowest BCUT2D eigenvalue weighted by Gasteiger charge is -2.30. The number of ether oxygens (including phenoxy) is 2. The van der Waals surface area contributed by atoms with Gasteiger partial charge in [0.2, 0.25) is 21.8 Å². The largest absolute Gasteiger partial charge is 0.496 e. The van der Waals surface area contributed by atoms with E-state index in [1.54, 1.807) is 44.0 Å². The summed E-state index contributed by atoms with van der Waals surface area (Å²) in [5.41, 5.74) is -1.20. The Labute approximate surface area is 380 Å². The van der Waals surface area contributed by atoms with Crippen molar-refractivity contribution in [2.75, 3.05) is 24.7 Å². The van der Waals surface area contributed by atoms with Gasteiger partial charge in [-0.2, -0.15) is 13.2 Å². The Kier molecular flexibility index (Phi) is 12.7. The molecule has 65 heavy (non-hydrogen) atoms. The number of anilines is 1. The normalized spacial score (nSPS) is 27.4. The first-order chi connectivity index (χ1) is 30.7. The van der Waals surface area contributed by atoms with Gasteiger partial charge in [0.1, 0.15) is 46.1 Å². The van der Waals surface area contributed by atoms with Crippen LogP contribution in [0, 0.1) is 24.6 Å². The lowest BCUT2D eigenvalue weighted by molar-refractivity contribution is -0.140. The number of alkyl halides is 3. The number of carbonyl (C=O) groups excluding carboxylic acids is 3. The molecule has 8 rings (SSSR count). The van der Waals surface area contributed by atoms with Crippen LogP contribution in [0.15, 0.2) is 53.5 Å². The number of carbonyl (C=O) groups is 3. The number of rotatable bonds is 10. The molecule has 1 saturated heterocycles. The molecule has 5 aliphatic rings. The van der Waals surface area contributed by atoms with Gasteiger partial charge in [-0.15, -0.1) is 11.8 Å². The van der Waals surface area contributed by atoms with E-state index in [1.165, 1.54) is 4.90 Å². The van der Waals surface area contributed by atoms with Crippen molar-refractivity contribution in [3.63, 3.8) is 0 Å². The summed E-state index contributed by atoms with van der Waals surface area (Å²) in [5.74, 6) is -1.84. The second kappa shape index (κ2) is 17.7. The molecule has 2 aromatic carbocycles. The van der Waals surface area contributed by atoms with Gasteiger partial charge in [-0.05, 0) is 88.6 Å². The van der Waals surface area contributed by atoms with Gasteiger partial charge < -0.3 is 25.0 Å².